The molecule has 6 heteroatoms. The van der Waals surface area contributed by atoms with Crippen LogP contribution >= 0.6 is 11.3 Å². The summed E-state index contributed by atoms with van der Waals surface area (Å²) in [6, 6.07) is 5.46. The first-order valence-electron chi connectivity index (χ1n) is 5.07. The van der Waals surface area contributed by atoms with E-state index in [1.165, 1.54) is 0 Å². The van der Waals surface area contributed by atoms with Gasteiger partial charge < -0.3 is 5.32 Å². The molecule has 1 N–H and O–H groups in total. The average Bonchev–Trinajstić information content (AvgIpc) is 2.79. The van der Waals surface area contributed by atoms with Crippen molar-refractivity contribution >= 4 is 16.3 Å². The summed E-state index contributed by atoms with van der Waals surface area (Å²) in [4.78, 5) is 14.1. The number of rotatable bonds is 5. The van der Waals surface area contributed by atoms with Gasteiger partial charge in [-0.1, -0.05) is 17.4 Å². The zero-order chi connectivity index (χ0) is 12.1. The van der Waals surface area contributed by atoms with Crippen LogP contribution in [-0.2, 0) is 13.1 Å². The van der Waals surface area contributed by atoms with E-state index in [0.717, 1.165) is 22.5 Å². The molecule has 0 radical (unpaired) electrons. The standard InChI is InChI=1S/C11H11N3O2S/c15-14(16)11-4-10(8-17-11)7-13-6-9-2-1-3-12-5-9/h1-5,8,13H,6-7H2. The summed E-state index contributed by atoms with van der Waals surface area (Å²) in [5, 5.41) is 15.7. The Kier molecular flexibility index (Phi) is 3.79. The molecule has 0 aliphatic heterocycles. The molecule has 2 rings (SSSR count). The molecule has 2 heterocycles. The molecule has 0 atom stereocenters. The van der Waals surface area contributed by atoms with E-state index in [4.69, 9.17) is 0 Å². The summed E-state index contributed by atoms with van der Waals surface area (Å²) in [7, 11) is 0. The van der Waals surface area contributed by atoms with Crippen LogP contribution in [0.1, 0.15) is 11.1 Å². The molecule has 0 aliphatic carbocycles. The number of hydrogen-bond acceptors (Lipinski definition) is 5. The molecule has 88 valence electrons. The molecule has 5 nitrogen and oxygen atoms in total. The van der Waals surface area contributed by atoms with Crippen LogP contribution < -0.4 is 5.32 Å². The molecule has 0 spiro atoms. The van der Waals surface area contributed by atoms with Crippen LogP contribution in [0.25, 0.3) is 0 Å². The normalized spacial score (nSPS) is 10.4. The van der Waals surface area contributed by atoms with Crippen LogP contribution in [0.5, 0.6) is 0 Å². The lowest BCUT2D eigenvalue weighted by molar-refractivity contribution is -0.380. The second-order valence-electron chi connectivity index (χ2n) is 3.52. The lowest BCUT2D eigenvalue weighted by Crippen LogP contribution is -2.12. The highest BCUT2D eigenvalue weighted by Crippen LogP contribution is 2.22. The highest BCUT2D eigenvalue weighted by atomic mass is 32.1. The van der Waals surface area contributed by atoms with E-state index in [9.17, 15) is 10.1 Å². The van der Waals surface area contributed by atoms with Gasteiger partial charge in [0.25, 0.3) is 0 Å². The van der Waals surface area contributed by atoms with Gasteiger partial charge in [-0.25, -0.2) is 0 Å². The molecule has 0 saturated carbocycles. The highest BCUT2D eigenvalue weighted by molar-refractivity contribution is 7.13. The summed E-state index contributed by atoms with van der Waals surface area (Å²) < 4.78 is 0. The van der Waals surface area contributed by atoms with Crippen molar-refractivity contribution in [3.8, 4) is 0 Å². The third kappa shape index (κ3) is 3.33. The molecular formula is C11H11N3O2S. The third-order valence-corrected chi connectivity index (χ3v) is 3.13. The fourth-order valence-electron chi connectivity index (χ4n) is 1.41. The molecule has 0 fully saturated rings. The van der Waals surface area contributed by atoms with E-state index in [2.05, 4.69) is 10.3 Å². The van der Waals surface area contributed by atoms with E-state index < -0.39 is 0 Å². The maximum absolute atomic E-state index is 10.5. The smallest absolute Gasteiger partial charge is 0.309 e. The predicted octanol–water partition coefficient (Wildman–Crippen LogP) is 2.34. The Bertz CT molecular complexity index is 498. The van der Waals surface area contributed by atoms with Gasteiger partial charge in [0.1, 0.15) is 0 Å². The van der Waals surface area contributed by atoms with Crippen molar-refractivity contribution in [3.05, 3.63) is 57.2 Å². The minimum Gasteiger partial charge on any atom is -0.309 e. The number of pyridine rings is 1. The number of hydrogen-bond donors (Lipinski definition) is 1. The minimum atomic E-state index is -0.366. The van der Waals surface area contributed by atoms with Crippen molar-refractivity contribution in [2.45, 2.75) is 13.1 Å². The van der Waals surface area contributed by atoms with Crippen LogP contribution in [0.3, 0.4) is 0 Å². The van der Waals surface area contributed by atoms with Crippen LogP contribution in [0.2, 0.25) is 0 Å². The number of aromatic nitrogens is 1. The van der Waals surface area contributed by atoms with Crippen molar-refractivity contribution in [1.82, 2.24) is 10.3 Å². The van der Waals surface area contributed by atoms with Gasteiger partial charge in [0.2, 0.25) is 0 Å². The molecule has 17 heavy (non-hydrogen) atoms. The number of nitro groups is 1. The van der Waals surface area contributed by atoms with Gasteiger partial charge >= 0.3 is 5.00 Å². The van der Waals surface area contributed by atoms with Crippen molar-refractivity contribution in [2.75, 3.05) is 0 Å². The Morgan fingerprint density at radius 3 is 2.88 bits per heavy atom. The molecule has 0 saturated heterocycles. The van der Waals surface area contributed by atoms with Crippen molar-refractivity contribution < 1.29 is 4.92 Å². The van der Waals surface area contributed by atoms with Crippen LogP contribution in [0.15, 0.2) is 36.0 Å². The van der Waals surface area contributed by atoms with E-state index in [0.29, 0.717) is 13.1 Å². The van der Waals surface area contributed by atoms with Crippen LogP contribution in [-0.4, -0.2) is 9.91 Å². The first-order valence-corrected chi connectivity index (χ1v) is 5.95. The third-order valence-electron chi connectivity index (χ3n) is 2.20. The first kappa shape index (κ1) is 11.7. The molecular weight excluding hydrogens is 238 g/mol. The maximum Gasteiger partial charge on any atom is 0.324 e. The molecule has 0 bridgehead atoms. The Labute approximate surface area is 102 Å². The highest BCUT2D eigenvalue weighted by Gasteiger charge is 2.08. The first-order chi connectivity index (χ1) is 8.25. The largest absolute Gasteiger partial charge is 0.324 e. The second-order valence-corrected chi connectivity index (χ2v) is 4.40. The minimum absolute atomic E-state index is 0.183. The van der Waals surface area contributed by atoms with E-state index in [1.54, 1.807) is 23.8 Å². The quantitative estimate of drug-likeness (QED) is 0.652. The summed E-state index contributed by atoms with van der Waals surface area (Å²) in [6.07, 6.45) is 3.52. The molecule has 2 aromatic rings. The molecule has 0 amide bonds. The maximum atomic E-state index is 10.5. The fourth-order valence-corrected chi connectivity index (χ4v) is 2.13. The van der Waals surface area contributed by atoms with E-state index in [-0.39, 0.29) is 9.92 Å². The number of nitrogens with one attached hydrogen (secondary N) is 1. The topological polar surface area (TPSA) is 68.1 Å². The van der Waals surface area contributed by atoms with Gasteiger partial charge in [-0.3, -0.25) is 15.1 Å². The van der Waals surface area contributed by atoms with Crippen LogP contribution in [0, 0.1) is 10.1 Å². The van der Waals surface area contributed by atoms with Crippen molar-refractivity contribution in [1.29, 1.82) is 0 Å². The van der Waals surface area contributed by atoms with E-state index in [1.807, 2.05) is 12.1 Å². The van der Waals surface area contributed by atoms with Crippen molar-refractivity contribution in [3.63, 3.8) is 0 Å². The van der Waals surface area contributed by atoms with Gasteiger partial charge in [0.15, 0.2) is 0 Å². The summed E-state index contributed by atoms with van der Waals surface area (Å²) in [5.74, 6) is 0. The average molecular weight is 249 g/mol. The van der Waals surface area contributed by atoms with Gasteiger partial charge in [0, 0.05) is 36.9 Å². The zero-order valence-electron chi connectivity index (χ0n) is 9.00. The van der Waals surface area contributed by atoms with Crippen molar-refractivity contribution in [2.24, 2.45) is 0 Å². The SMILES string of the molecule is O=[N+]([O-])c1cc(CNCc2cccnc2)cs1. The van der Waals surface area contributed by atoms with E-state index >= 15 is 0 Å². The second kappa shape index (κ2) is 5.51. The fraction of sp³-hybridized carbons (Fsp3) is 0.182. The molecule has 0 unspecified atom stereocenters. The Hall–Kier alpha value is -1.79. The van der Waals surface area contributed by atoms with Gasteiger partial charge in [-0.2, -0.15) is 0 Å². The van der Waals surface area contributed by atoms with Gasteiger partial charge in [-0.05, 0) is 17.2 Å². The number of thiophene rings is 1. The molecule has 0 aromatic carbocycles. The van der Waals surface area contributed by atoms with Gasteiger partial charge in [0.05, 0.1) is 4.92 Å². The number of nitrogens with zero attached hydrogens (tertiary/aromatic N) is 2. The lowest BCUT2D eigenvalue weighted by atomic mass is 10.2. The lowest BCUT2D eigenvalue weighted by Gasteiger charge is -2.02. The Morgan fingerprint density at radius 2 is 2.24 bits per heavy atom. The summed E-state index contributed by atoms with van der Waals surface area (Å²) in [6.45, 7) is 1.33. The predicted molar refractivity (Wildman–Crippen MR) is 65.8 cm³/mol. The zero-order valence-corrected chi connectivity index (χ0v) is 9.81. The summed E-state index contributed by atoms with van der Waals surface area (Å²) >= 11 is 1.15. The molecule has 0 aliphatic rings. The monoisotopic (exact) mass is 249 g/mol. The summed E-state index contributed by atoms with van der Waals surface area (Å²) in [5.41, 5.74) is 2.03. The van der Waals surface area contributed by atoms with Crippen LogP contribution in [0.4, 0.5) is 5.00 Å². The molecule has 2 aromatic heterocycles. The Balaban J connectivity index is 1.84. The Morgan fingerprint density at radius 1 is 1.41 bits per heavy atom. The van der Waals surface area contributed by atoms with Gasteiger partial charge in [-0.15, -0.1) is 0 Å².